The molecule has 2 rings (SSSR count). The second kappa shape index (κ2) is 7.19. The normalized spacial score (nSPS) is 18.0. The molecule has 20 heavy (non-hydrogen) atoms. The van der Waals surface area contributed by atoms with Crippen molar-refractivity contribution < 1.29 is 9.53 Å². The minimum atomic E-state index is -0.344. The van der Waals surface area contributed by atoms with Crippen LogP contribution in [0, 0.1) is 0 Å². The molecule has 1 fully saturated rings. The fourth-order valence-electron chi connectivity index (χ4n) is 2.10. The van der Waals surface area contributed by atoms with Gasteiger partial charge in [0.15, 0.2) is 11.6 Å². The lowest BCUT2D eigenvalue weighted by molar-refractivity contribution is -0.124. The maximum absolute atomic E-state index is 11.9. The van der Waals surface area contributed by atoms with Crippen LogP contribution in [0.25, 0.3) is 0 Å². The van der Waals surface area contributed by atoms with Gasteiger partial charge in [-0.3, -0.25) is 4.79 Å². The fraction of sp³-hybridized carbons (Fsp3) is 0.643. The second-order valence-corrected chi connectivity index (χ2v) is 5.04. The van der Waals surface area contributed by atoms with E-state index in [-0.39, 0.29) is 12.0 Å². The number of hydrogen-bond acceptors (Lipinski definition) is 5. The number of nitrogens with zero attached hydrogens (tertiary/aromatic N) is 3. The van der Waals surface area contributed by atoms with Crippen molar-refractivity contribution in [1.29, 1.82) is 0 Å². The molecule has 1 amide bonds. The largest absolute Gasteiger partial charge is 0.368 e. The Kier molecular flexibility index (Phi) is 5.29. The minimum absolute atomic E-state index is 0.135. The predicted octanol–water partition coefficient (Wildman–Crippen LogP) is 1.83. The number of hydrogen-bond donors (Lipinski definition) is 1. The van der Waals surface area contributed by atoms with Gasteiger partial charge in [0.25, 0.3) is 5.91 Å². The maximum atomic E-state index is 11.9. The van der Waals surface area contributed by atoms with Crippen LogP contribution in [0.5, 0.6) is 0 Å². The number of nitrogens with one attached hydrogen (secondary N) is 1. The molecule has 0 bridgehead atoms. The lowest BCUT2D eigenvalue weighted by Gasteiger charge is -2.17. The van der Waals surface area contributed by atoms with E-state index in [1.807, 2.05) is 13.1 Å². The van der Waals surface area contributed by atoms with Crippen molar-refractivity contribution in [2.75, 3.05) is 30.4 Å². The highest BCUT2D eigenvalue weighted by atomic mass is 16.5. The first-order chi connectivity index (χ1) is 9.70. The standard InChI is InChI=1S/C14H22N4O2/c1-3-4-9-18(2)13-8-7-12(16-17-13)15-14(19)11-6-5-10-20-11/h7-8,11H,3-6,9-10H2,1-2H3,(H,15,16,19). The molecule has 0 spiro atoms. The van der Waals surface area contributed by atoms with Crippen molar-refractivity contribution in [3.05, 3.63) is 12.1 Å². The van der Waals surface area contributed by atoms with Gasteiger partial charge in [-0.2, -0.15) is 0 Å². The van der Waals surface area contributed by atoms with E-state index < -0.39 is 0 Å². The van der Waals surface area contributed by atoms with Gasteiger partial charge >= 0.3 is 0 Å². The number of unbranched alkanes of at least 4 members (excludes halogenated alkanes) is 1. The summed E-state index contributed by atoms with van der Waals surface area (Å²) >= 11 is 0. The van der Waals surface area contributed by atoms with Gasteiger partial charge in [0.1, 0.15) is 6.10 Å². The predicted molar refractivity (Wildman–Crippen MR) is 77.8 cm³/mol. The molecule has 1 unspecified atom stereocenters. The van der Waals surface area contributed by atoms with Crippen molar-refractivity contribution in [2.45, 2.75) is 38.7 Å². The van der Waals surface area contributed by atoms with Gasteiger partial charge in [-0.1, -0.05) is 13.3 Å². The molecule has 2 heterocycles. The number of carbonyl (C=O) groups excluding carboxylic acids is 1. The van der Waals surface area contributed by atoms with Crippen molar-refractivity contribution in [1.82, 2.24) is 10.2 Å². The van der Waals surface area contributed by atoms with E-state index >= 15 is 0 Å². The highest BCUT2D eigenvalue weighted by Gasteiger charge is 2.23. The molecule has 0 saturated carbocycles. The highest BCUT2D eigenvalue weighted by molar-refractivity contribution is 5.93. The van der Waals surface area contributed by atoms with Gasteiger partial charge in [-0.25, -0.2) is 0 Å². The van der Waals surface area contributed by atoms with Gasteiger partial charge in [0.2, 0.25) is 0 Å². The smallest absolute Gasteiger partial charge is 0.254 e. The van der Waals surface area contributed by atoms with Crippen molar-refractivity contribution in [3.63, 3.8) is 0 Å². The van der Waals surface area contributed by atoms with Crippen LogP contribution >= 0.6 is 0 Å². The van der Waals surface area contributed by atoms with E-state index in [0.717, 1.165) is 38.0 Å². The lowest BCUT2D eigenvalue weighted by Crippen LogP contribution is -2.27. The zero-order valence-corrected chi connectivity index (χ0v) is 12.1. The SMILES string of the molecule is CCCCN(C)c1ccc(NC(=O)C2CCCO2)nn1. The zero-order chi connectivity index (χ0) is 14.4. The Morgan fingerprint density at radius 3 is 2.95 bits per heavy atom. The van der Waals surface area contributed by atoms with Crippen LogP contribution in [0.15, 0.2) is 12.1 Å². The zero-order valence-electron chi connectivity index (χ0n) is 12.1. The second-order valence-electron chi connectivity index (χ2n) is 5.04. The van der Waals surface area contributed by atoms with E-state index in [1.54, 1.807) is 6.07 Å². The fourth-order valence-corrected chi connectivity index (χ4v) is 2.10. The number of anilines is 2. The summed E-state index contributed by atoms with van der Waals surface area (Å²) in [5.41, 5.74) is 0. The molecule has 0 aromatic carbocycles. The molecule has 1 atom stereocenters. The molecule has 0 aliphatic carbocycles. The monoisotopic (exact) mass is 278 g/mol. The van der Waals surface area contributed by atoms with E-state index in [4.69, 9.17) is 4.74 Å². The molecule has 1 aliphatic heterocycles. The van der Waals surface area contributed by atoms with Crippen LogP contribution < -0.4 is 10.2 Å². The van der Waals surface area contributed by atoms with E-state index in [9.17, 15) is 4.79 Å². The summed E-state index contributed by atoms with van der Waals surface area (Å²) in [6, 6.07) is 3.64. The molecule has 1 aliphatic rings. The Hall–Kier alpha value is -1.69. The van der Waals surface area contributed by atoms with Crippen molar-refractivity contribution in [3.8, 4) is 0 Å². The Balaban J connectivity index is 1.89. The van der Waals surface area contributed by atoms with Gasteiger partial charge in [0, 0.05) is 20.2 Å². The molecular formula is C14H22N4O2. The molecule has 6 nitrogen and oxygen atoms in total. The van der Waals surface area contributed by atoms with Crippen molar-refractivity contribution in [2.24, 2.45) is 0 Å². The quantitative estimate of drug-likeness (QED) is 0.860. The molecule has 1 saturated heterocycles. The average molecular weight is 278 g/mol. The van der Waals surface area contributed by atoms with Crippen molar-refractivity contribution >= 4 is 17.5 Å². The minimum Gasteiger partial charge on any atom is -0.368 e. The van der Waals surface area contributed by atoms with Gasteiger partial charge in [0.05, 0.1) is 0 Å². The lowest BCUT2D eigenvalue weighted by atomic mass is 10.2. The molecule has 0 radical (unpaired) electrons. The Morgan fingerprint density at radius 2 is 2.35 bits per heavy atom. The third-order valence-electron chi connectivity index (χ3n) is 3.36. The Morgan fingerprint density at radius 1 is 1.50 bits per heavy atom. The molecule has 110 valence electrons. The van der Waals surface area contributed by atoms with E-state index in [1.165, 1.54) is 0 Å². The van der Waals surface area contributed by atoms with E-state index in [0.29, 0.717) is 12.4 Å². The topological polar surface area (TPSA) is 67.4 Å². The summed E-state index contributed by atoms with van der Waals surface area (Å²) in [7, 11) is 1.99. The first-order valence-corrected chi connectivity index (χ1v) is 7.18. The van der Waals surface area contributed by atoms with Gasteiger partial charge in [-0.15, -0.1) is 10.2 Å². The Bertz CT molecular complexity index is 429. The average Bonchev–Trinajstić information content (AvgIpc) is 3.00. The number of rotatable bonds is 6. The van der Waals surface area contributed by atoms with Crippen LogP contribution in [0.1, 0.15) is 32.6 Å². The third-order valence-corrected chi connectivity index (χ3v) is 3.36. The maximum Gasteiger partial charge on any atom is 0.254 e. The summed E-state index contributed by atoms with van der Waals surface area (Å²) in [6.07, 6.45) is 3.63. The first kappa shape index (κ1) is 14.7. The number of aromatic nitrogens is 2. The van der Waals surface area contributed by atoms with Crippen LogP contribution in [0.3, 0.4) is 0 Å². The Labute approximate surface area is 119 Å². The summed E-state index contributed by atoms with van der Waals surface area (Å²) in [4.78, 5) is 13.9. The molecule has 6 heteroatoms. The summed E-state index contributed by atoms with van der Waals surface area (Å²) in [5, 5.41) is 10.9. The van der Waals surface area contributed by atoms with Crippen LogP contribution in [0.2, 0.25) is 0 Å². The number of amides is 1. The summed E-state index contributed by atoms with van der Waals surface area (Å²) < 4.78 is 5.32. The van der Waals surface area contributed by atoms with Gasteiger partial charge < -0.3 is 15.0 Å². The third kappa shape index (κ3) is 3.90. The molecule has 1 aromatic rings. The molecule has 1 N–H and O–H groups in total. The van der Waals surface area contributed by atoms with Crippen LogP contribution in [-0.4, -0.2) is 42.4 Å². The summed E-state index contributed by atoms with van der Waals surface area (Å²) in [5.74, 6) is 1.15. The van der Waals surface area contributed by atoms with E-state index in [2.05, 4.69) is 27.3 Å². The van der Waals surface area contributed by atoms with Crippen LogP contribution in [0.4, 0.5) is 11.6 Å². The number of ether oxygens (including phenoxy) is 1. The van der Waals surface area contributed by atoms with Gasteiger partial charge in [-0.05, 0) is 31.4 Å². The van der Waals surface area contributed by atoms with Crippen LogP contribution in [-0.2, 0) is 9.53 Å². The summed E-state index contributed by atoms with van der Waals surface area (Å²) in [6.45, 7) is 3.76. The highest BCUT2D eigenvalue weighted by Crippen LogP contribution is 2.15. The molecular weight excluding hydrogens is 256 g/mol. The number of carbonyl (C=O) groups is 1. The first-order valence-electron chi connectivity index (χ1n) is 7.18. The molecule has 1 aromatic heterocycles.